The normalized spacial score (nSPS) is 12.3. The lowest BCUT2D eigenvalue weighted by Gasteiger charge is -2.17. The van der Waals surface area contributed by atoms with Gasteiger partial charge in [-0.3, -0.25) is 9.48 Å². The van der Waals surface area contributed by atoms with Crippen molar-refractivity contribution >= 4 is 5.91 Å². The van der Waals surface area contributed by atoms with E-state index in [9.17, 15) is 4.79 Å². The summed E-state index contributed by atoms with van der Waals surface area (Å²) in [5.74, 6) is 0.661. The highest BCUT2D eigenvalue weighted by molar-refractivity contribution is 5.92. The second-order valence-electron chi connectivity index (χ2n) is 4.81. The Hall–Kier alpha value is -2.18. The fraction of sp³-hybridized carbons (Fsp3) is 0.571. The SMILES string of the molecule is CCCn1nccc1C(=O)NC(CC)c1ncnn1CC. The Morgan fingerprint density at radius 1 is 1.29 bits per heavy atom. The number of hydrogen-bond donors (Lipinski definition) is 1. The molecule has 1 unspecified atom stereocenters. The summed E-state index contributed by atoms with van der Waals surface area (Å²) in [7, 11) is 0. The van der Waals surface area contributed by atoms with Crippen LogP contribution in [0.1, 0.15) is 56.0 Å². The van der Waals surface area contributed by atoms with Gasteiger partial charge in [-0.15, -0.1) is 0 Å². The van der Waals surface area contributed by atoms with Gasteiger partial charge in [-0.25, -0.2) is 9.67 Å². The number of carbonyl (C=O) groups excluding carboxylic acids is 1. The number of nitrogens with zero attached hydrogens (tertiary/aromatic N) is 5. The zero-order chi connectivity index (χ0) is 15.2. The van der Waals surface area contributed by atoms with Gasteiger partial charge in [-0.2, -0.15) is 10.2 Å². The molecule has 0 bridgehead atoms. The van der Waals surface area contributed by atoms with Crippen molar-refractivity contribution in [3.05, 3.63) is 30.1 Å². The monoisotopic (exact) mass is 290 g/mol. The number of hydrogen-bond acceptors (Lipinski definition) is 4. The third-order valence-electron chi connectivity index (χ3n) is 3.35. The van der Waals surface area contributed by atoms with Gasteiger partial charge in [0.1, 0.15) is 17.8 Å². The minimum Gasteiger partial charge on any atom is -0.341 e. The summed E-state index contributed by atoms with van der Waals surface area (Å²) < 4.78 is 3.53. The summed E-state index contributed by atoms with van der Waals surface area (Å²) in [5.41, 5.74) is 0.581. The van der Waals surface area contributed by atoms with Gasteiger partial charge in [0.2, 0.25) is 0 Å². The van der Waals surface area contributed by atoms with Crippen molar-refractivity contribution in [3.63, 3.8) is 0 Å². The first-order valence-corrected chi connectivity index (χ1v) is 7.41. The van der Waals surface area contributed by atoms with Gasteiger partial charge in [-0.05, 0) is 25.8 Å². The number of carbonyl (C=O) groups is 1. The highest BCUT2D eigenvalue weighted by Crippen LogP contribution is 2.14. The highest BCUT2D eigenvalue weighted by Gasteiger charge is 2.20. The molecule has 2 aromatic rings. The second-order valence-corrected chi connectivity index (χ2v) is 4.81. The van der Waals surface area contributed by atoms with Crippen molar-refractivity contribution < 1.29 is 4.79 Å². The summed E-state index contributed by atoms with van der Waals surface area (Å²) in [5, 5.41) is 11.4. The number of amides is 1. The number of nitrogens with one attached hydrogen (secondary N) is 1. The Kier molecular flexibility index (Phi) is 5.08. The predicted molar refractivity (Wildman–Crippen MR) is 78.7 cm³/mol. The summed E-state index contributed by atoms with van der Waals surface area (Å²) in [6.07, 6.45) is 4.87. The van der Waals surface area contributed by atoms with Crippen LogP contribution in [0.3, 0.4) is 0 Å². The molecule has 1 N–H and O–H groups in total. The molecule has 2 heterocycles. The lowest BCUT2D eigenvalue weighted by Crippen LogP contribution is -2.32. The highest BCUT2D eigenvalue weighted by atomic mass is 16.2. The van der Waals surface area contributed by atoms with Gasteiger partial charge in [0.25, 0.3) is 5.91 Å². The first-order chi connectivity index (χ1) is 10.2. The molecule has 0 fully saturated rings. The van der Waals surface area contributed by atoms with Crippen molar-refractivity contribution in [3.8, 4) is 0 Å². The van der Waals surface area contributed by atoms with E-state index in [0.29, 0.717) is 5.69 Å². The van der Waals surface area contributed by atoms with Gasteiger partial charge in [0, 0.05) is 19.3 Å². The van der Waals surface area contributed by atoms with Crippen molar-refractivity contribution in [1.82, 2.24) is 29.9 Å². The zero-order valence-corrected chi connectivity index (χ0v) is 12.8. The fourth-order valence-corrected chi connectivity index (χ4v) is 2.28. The first kappa shape index (κ1) is 15.2. The maximum atomic E-state index is 12.4. The van der Waals surface area contributed by atoms with Crippen molar-refractivity contribution in [2.24, 2.45) is 0 Å². The molecule has 0 aliphatic heterocycles. The van der Waals surface area contributed by atoms with Gasteiger partial charge in [0.05, 0.1) is 6.04 Å². The van der Waals surface area contributed by atoms with Gasteiger partial charge in [0.15, 0.2) is 0 Å². The zero-order valence-electron chi connectivity index (χ0n) is 12.8. The van der Waals surface area contributed by atoms with E-state index < -0.39 is 0 Å². The fourth-order valence-electron chi connectivity index (χ4n) is 2.28. The Balaban J connectivity index is 2.15. The van der Waals surface area contributed by atoms with Crippen LogP contribution in [0.5, 0.6) is 0 Å². The van der Waals surface area contributed by atoms with Crippen LogP contribution in [0.2, 0.25) is 0 Å². The van der Waals surface area contributed by atoms with E-state index in [1.165, 1.54) is 6.33 Å². The number of rotatable bonds is 7. The quantitative estimate of drug-likeness (QED) is 0.843. The Morgan fingerprint density at radius 3 is 2.76 bits per heavy atom. The molecule has 0 saturated heterocycles. The van der Waals surface area contributed by atoms with Crippen LogP contribution in [-0.2, 0) is 13.1 Å². The molecule has 0 saturated carbocycles. The summed E-state index contributed by atoms with van der Waals surface area (Å²) in [6.45, 7) is 7.54. The van der Waals surface area contributed by atoms with E-state index in [0.717, 1.165) is 31.8 Å². The van der Waals surface area contributed by atoms with Gasteiger partial charge in [-0.1, -0.05) is 13.8 Å². The topological polar surface area (TPSA) is 77.6 Å². The van der Waals surface area contributed by atoms with E-state index in [-0.39, 0.29) is 11.9 Å². The van der Waals surface area contributed by atoms with Crippen LogP contribution >= 0.6 is 0 Å². The lowest BCUT2D eigenvalue weighted by atomic mass is 10.2. The van der Waals surface area contributed by atoms with E-state index in [4.69, 9.17) is 0 Å². The molecule has 7 nitrogen and oxygen atoms in total. The molecule has 114 valence electrons. The molecule has 21 heavy (non-hydrogen) atoms. The van der Waals surface area contributed by atoms with E-state index in [2.05, 4.69) is 27.4 Å². The molecule has 0 aliphatic rings. The van der Waals surface area contributed by atoms with Crippen molar-refractivity contribution in [2.75, 3.05) is 0 Å². The minimum absolute atomic E-state index is 0.126. The lowest BCUT2D eigenvalue weighted by molar-refractivity contribution is 0.0921. The molecule has 0 aliphatic carbocycles. The van der Waals surface area contributed by atoms with Crippen LogP contribution in [0.25, 0.3) is 0 Å². The van der Waals surface area contributed by atoms with Crippen molar-refractivity contribution in [1.29, 1.82) is 0 Å². The Bertz CT molecular complexity index is 588. The average Bonchev–Trinajstić information content (AvgIpc) is 3.13. The molecule has 0 aromatic carbocycles. The smallest absolute Gasteiger partial charge is 0.270 e. The number of aromatic nitrogens is 5. The molecule has 0 radical (unpaired) electrons. The van der Waals surface area contributed by atoms with Crippen LogP contribution in [0, 0.1) is 0 Å². The van der Waals surface area contributed by atoms with Gasteiger partial charge >= 0.3 is 0 Å². The standard InChI is InChI=1S/C14H22N6O/c1-4-9-20-12(7-8-16-20)14(21)18-11(5-2)13-15-10-17-19(13)6-3/h7-8,10-11H,4-6,9H2,1-3H3,(H,18,21). The minimum atomic E-state index is -0.148. The maximum absolute atomic E-state index is 12.4. The first-order valence-electron chi connectivity index (χ1n) is 7.41. The second kappa shape index (κ2) is 7.01. The maximum Gasteiger partial charge on any atom is 0.270 e. The third kappa shape index (κ3) is 3.29. The van der Waals surface area contributed by atoms with Crippen LogP contribution in [0.4, 0.5) is 0 Å². The molecular formula is C14H22N6O. The summed E-state index contributed by atoms with van der Waals surface area (Å²) >= 11 is 0. The molecule has 0 spiro atoms. The predicted octanol–water partition coefficient (Wildman–Crippen LogP) is 1.79. The summed E-state index contributed by atoms with van der Waals surface area (Å²) in [4.78, 5) is 16.7. The van der Waals surface area contributed by atoms with Crippen molar-refractivity contribution in [2.45, 2.75) is 52.7 Å². The third-order valence-corrected chi connectivity index (χ3v) is 3.35. The molecule has 1 atom stereocenters. The van der Waals surface area contributed by atoms with Crippen LogP contribution < -0.4 is 5.32 Å². The molecular weight excluding hydrogens is 268 g/mol. The van der Waals surface area contributed by atoms with Crippen LogP contribution in [-0.4, -0.2) is 30.5 Å². The average molecular weight is 290 g/mol. The van der Waals surface area contributed by atoms with Crippen LogP contribution in [0.15, 0.2) is 18.6 Å². The largest absolute Gasteiger partial charge is 0.341 e. The van der Waals surface area contributed by atoms with E-state index in [1.807, 2.05) is 13.8 Å². The molecule has 2 rings (SSSR count). The van der Waals surface area contributed by atoms with E-state index in [1.54, 1.807) is 21.6 Å². The summed E-state index contributed by atoms with van der Waals surface area (Å²) in [6, 6.07) is 1.59. The number of aryl methyl sites for hydroxylation is 2. The molecule has 2 aromatic heterocycles. The molecule has 1 amide bonds. The molecule has 7 heteroatoms. The Labute approximate surface area is 124 Å². The van der Waals surface area contributed by atoms with Gasteiger partial charge < -0.3 is 5.32 Å². The van der Waals surface area contributed by atoms with E-state index >= 15 is 0 Å². The Morgan fingerprint density at radius 2 is 2.10 bits per heavy atom.